The van der Waals surface area contributed by atoms with E-state index in [1.807, 2.05) is 36.4 Å². The Morgan fingerprint density at radius 3 is 2.91 bits per heavy atom. The summed E-state index contributed by atoms with van der Waals surface area (Å²) in [6.07, 6.45) is 2.14. The van der Waals surface area contributed by atoms with Crippen LogP contribution in [0.2, 0.25) is 0 Å². The molecular formula is C19H19NO3. The molecule has 0 aliphatic carbocycles. The molecular weight excluding hydrogens is 290 g/mol. The third-order valence-corrected chi connectivity index (χ3v) is 4.36. The van der Waals surface area contributed by atoms with Gasteiger partial charge in [0.1, 0.15) is 18.1 Å². The Balaban J connectivity index is 1.37. The average molecular weight is 309 g/mol. The van der Waals surface area contributed by atoms with E-state index in [-0.39, 0.29) is 11.9 Å². The van der Waals surface area contributed by atoms with Crippen molar-refractivity contribution in [2.45, 2.75) is 25.3 Å². The molecule has 0 fully saturated rings. The first-order valence-corrected chi connectivity index (χ1v) is 8.02. The maximum absolute atomic E-state index is 12.3. The summed E-state index contributed by atoms with van der Waals surface area (Å²) in [5, 5.41) is 3.08. The molecule has 2 aromatic rings. The van der Waals surface area contributed by atoms with E-state index in [1.54, 1.807) is 0 Å². The van der Waals surface area contributed by atoms with Crippen LogP contribution in [0.15, 0.2) is 42.5 Å². The van der Waals surface area contributed by atoms with Gasteiger partial charge in [0.05, 0.1) is 19.1 Å². The number of ether oxygens (including phenoxy) is 2. The van der Waals surface area contributed by atoms with Gasteiger partial charge in [-0.05, 0) is 35.2 Å². The fourth-order valence-corrected chi connectivity index (χ4v) is 3.23. The van der Waals surface area contributed by atoms with Crippen LogP contribution in [-0.2, 0) is 24.1 Å². The molecule has 2 aromatic carbocycles. The summed E-state index contributed by atoms with van der Waals surface area (Å²) in [5.74, 6) is 1.92. The van der Waals surface area contributed by atoms with Crippen molar-refractivity contribution in [3.05, 3.63) is 59.2 Å². The van der Waals surface area contributed by atoms with Crippen LogP contribution in [0.5, 0.6) is 11.5 Å². The van der Waals surface area contributed by atoms with Crippen LogP contribution in [0.3, 0.4) is 0 Å². The van der Waals surface area contributed by atoms with Gasteiger partial charge in [0.15, 0.2) is 0 Å². The molecule has 4 rings (SSSR count). The molecule has 0 radical (unpaired) electrons. The van der Waals surface area contributed by atoms with Crippen molar-refractivity contribution in [1.29, 1.82) is 0 Å². The van der Waals surface area contributed by atoms with Crippen LogP contribution in [0.1, 0.15) is 16.7 Å². The highest BCUT2D eigenvalue weighted by atomic mass is 16.5. The van der Waals surface area contributed by atoms with E-state index in [0.717, 1.165) is 42.1 Å². The highest BCUT2D eigenvalue weighted by molar-refractivity contribution is 5.79. The summed E-state index contributed by atoms with van der Waals surface area (Å²) < 4.78 is 11.2. The number of nitrogens with one attached hydrogen (secondary N) is 1. The maximum Gasteiger partial charge on any atom is 0.224 e. The fraction of sp³-hybridized carbons (Fsp3) is 0.316. The fourth-order valence-electron chi connectivity index (χ4n) is 3.23. The van der Waals surface area contributed by atoms with Crippen molar-refractivity contribution in [1.82, 2.24) is 5.32 Å². The molecule has 4 heteroatoms. The number of rotatable bonds is 3. The van der Waals surface area contributed by atoms with Crippen LogP contribution in [-0.4, -0.2) is 25.2 Å². The molecule has 1 amide bonds. The second kappa shape index (κ2) is 5.95. The van der Waals surface area contributed by atoms with Gasteiger partial charge in [-0.3, -0.25) is 4.79 Å². The standard InChI is InChI=1S/C19H19NO3/c21-19(10-13-5-6-18-15(9-13)7-8-22-18)20-16-11-14-3-1-2-4-17(14)23-12-16/h1-6,9,16H,7-8,10-12H2,(H,20,21)/t16-/m1/s1. The molecule has 2 heterocycles. The predicted molar refractivity (Wildman–Crippen MR) is 86.9 cm³/mol. The van der Waals surface area contributed by atoms with Crippen molar-refractivity contribution >= 4 is 5.91 Å². The van der Waals surface area contributed by atoms with Gasteiger partial charge in [-0.2, -0.15) is 0 Å². The van der Waals surface area contributed by atoms with Crippen molar-refractivity contribution in [2.75, 3.05) is 13.2 Å². The average Bonchev–Trinajstić information content (AvgIpc) is 3.02. The van der Waals surface area contributed by atoms with Gasteiger partial charge in [0, 0.05) is 6.42 Å². The van der Waals surface area contributed by atoms with Crippen LogP contribution in [0.4, 0.5) is 0 Å². The highest BCUT2D eigenvalue weighted by Crippen LogP contribution is 2.26. The molecule has 23 heavy (non-hydrogen) atoms. The lowest BCUT2D eigenvalue weighted by Gasteiger charge is -2.26. The first kappa shape index (κ1) is 14.1. The topological polar surface area (TPSA) is 47.6 Å². The van der Waals surface area contributed by atoms with Crippen LogP contribution >= 0.6 is 0 Å². The second-order valence-corrected chi connectivity index (χ2v) is 6.10. The molecule has 2 aliphatic heterocycles. The van der Waals surface area contributed by atoms with Crippen LogP contribution < -0.4 is 14.8 Å². The normalized spacial score (nSPS) is 18.3. The number of carbonyl (C=O) groups is 1. The van der Waals surface area contributed by atoms with Crippen LogP contribution in [0.25, 0.3) is 0 Å². The Labute approximate surface area is 135 Å². The SMILES string of the molecule is O=C(Cc1ccc2c(c1)CCO2)N[C@H]1COc2ccccc2C1. The first-order valence-electron chi connectivity index (χ1n) is 8.02. The third-order valence-electron chi connectivity index (χ3n) is 4.36. The maximum atomic E-state index is 12.3. The van der Waals surface area contributed by atoms with E-state index >= 15 is 0 Å². The molecule has 0 unspecified atom stereocenters. The van der Waals surface area contributed by atoms with Gasteiger partial charge < -0.3 is 14.8 Å². The van der Waals surface area contributed by atoms with Gasteiger partial charge in [0.25, 0.3) is 0 Å². The number of amides is 1. The molecule has 0 bridgehead atoms. The molecule has 1 atom stereocenters. The zero-order chi connectivity index (χ0) is 15.6. The molecule has 2 aliphatic rings. The number of carbonyl (C=O) groups excluding carboxylic acids is 1. The van der Waals surface area contributed by atoms with Gasteiger partial charge in [-0.1, -0.05) is 30.3 Å². The van der Waals surface area contributed by atoms with Crippen molar-refractivity contribution in [3.63, 3.8) is 0 Å². The van der Waals surface area contributed by atoms with E-state index in [4.69, 9.17) is 9.47 Å². The summed E-state index contributed by atoms with van der Waals surface area (Å²) in [6.45, 7) is 1.27. The molecule has 1 N–H and O–H groups in total. The minimum atomic E-state index is 0.0372. The van der Waals surface area contributed by atoms with Crippen molar-refractivity contribution in [3.8, 4) is 11.5 Å². The van der Waals surface area contributed by atoms with E-state index in [1.165, 1.54) is 5.56 Å². The largest absolute Gasteiger partial charge is 0.493 e. The van der Waals surface area contributed by atoms with Gasteiger partial charge >= 0.3 is 0 Å². The summed E-state index contributed by atoms with van der Waals surface area (Å²) in [6, 6.07) is 14.0. The molecule has 0 saturated heterocycles. The number of hydrogen-bond donors (Lipinski definition) is 1. The minimum absolute atomic E-state index is 0.0372. The predicted octanol–water partition coefficient (Wildman–Crippen LogP) is 2.28. The van der Waals surface area contributed by atoms with Crippen LogP contribution in [0, 0.1) is 0 Å². The Kier molecular flexibility index (Phi) is 3.66. The Morgan fingerprint density at radius 2 is 1.96 bits per heavy atom. The Hall–Kier alpha value is -2.49. The zero-order valence-corrected chi connectivity index (χ0v) is 12.9. The minimum Gasteiger partial charge on any atom is -0.493 e. The summed E-state index contributed by atoms with van der Waals surface area (Å²) >= 11 is 0. The second-order valence-electron chi connectivity index (χ2n) is 6.10. The van der Waals surface area contributed by atoms with Gasteiger partial charge in [-0.25, -0.2) is 0 Å². The number of hydrogen-bond acceptors (Lipinski definition) is 3. The highest BCUT2D eigenvalue weighted by Gasteiger charge is 2.21. The third kappa shape index (κ3) is 3.02. The van der Waals surface area contributed by atoms with E-state index in [9.17, 15) is 4.79 Å². The number of fused-ring (bicyclic) bond motifs is 2. The lowest BCUT2D eigenvalue weighted by Crippen LogP contribution is -2.43. The Bertz CT molecular complexity index is 741. The molecule has 0 aromatic heterocycles. The van der Waals surface area contributed by atoms with E-state index < -0.39 is 0 Å². The summed E-state index contributed by atoms with van der Waals surface area (Å²) in [7, 11) is 0. The van der Waals surface area contributed by atoms with E-state index in [2.05, 4.69) is 11.4 Å². The van der Waals surface area contributed by atoms with Gasteiger partial charge in [0.2, 0.25) is 5.91 Å². The van der Waals surface area contributed by atoms with E-state index in [0.29, 0.717) is 13.0 Å². The lowest BCUT2D eigenvalue weighted by atomic mass is 10.0. The molecule has 0 saturated carbocycles. The van der Waals surface area contributed by atoms with Gasteiger partial charge in [-0.15, -0.1) is 0 Å². The number of benzene rings is 2. The molecule has 0 spiro atoms. The smallest absolute Gasteiger partial charge is 0.224 e. The lowest BCUT2D eigenvalue weighted by molar-refractivity contribution is -0.121. The summed E-state index contributed by atoms with van der Waals surface area (Å²) in [5.41, 5.74) is 3.38. The quantitative estimate of drug-likeness (QED) is 0.946. The van der Waals surface area contributed by atoms with Crippen molar-refractivity contribution < 1.29 is 14.3 Å². The zero-order valence-electron chi connectivity index (χ0n) is 12.9. The molecule has 118 valence electrons. The monoisotopic (exact) mass is 309 g/mol. The van der Waals surface area contributed by atoms with Crippen molar-refractivity contribution in [2.24, 2.45) is 0 Å². The Morgan fingerprint density at radius 1 is 1.09 bits per heavy atom. The number of para-hydroxylation sites is 1. The molecule has 4 nitrogen and oxygen atoms in total. The first-order chi connectivity index (χ1) is 11.3. The summed E-state index contributed by atoms with van der Waals surface area (Å²) in [4.78, 5) is 12.3.